The quantitative estimate of drug-likeness (QED) is 0.242. The first-order chi connectivity index (χ1) is 17.3. The molecular formula is C29H29N3O3S. The largest absolute Gasteiger partial charge is 0.489 e. The van der Waals surface area contributed by atoms with Gasteiger partial charge in [-0.2, -0.15) is 0 Å². The molecule has 0 amide bonds. The fraction of sp³-hybridized carbons (Fsp3) is 0.276. The van der Waals surface area contributed by atoms with Crippen LogP contribution in [-0.2, 0) is 11.4 Å². The maximum atomic E-state index is 13.4. The van der Waals surface area contributed by atoms with Crippen LogP contribution in [0.5, 0.6) is 5.75 Å². The number of aromatic amines is 1. The Balaban J connectivity index is 1.53. The Hall–Kier alpha value is -3.58. The van der Waals surface area contributed by atoms with Crippen LogP contribution in [0.1, 0.15) is 49.3 Å². The fourth-order valence-corrected chi connectivity index (χ4v) is 5.53. The molecule has 2 aliphatic rings. The molecule has 3 aromatic rings. The Morgan fingerprint density at radius 2 is 1.86 bits per heavy atom. The Kier molecular flexibility index (Phi) is 6.58. The van der Waals surface area contributed by atoms with Crippen LogP contribution in [0.2, 0.25) is 0 Å². The molecular weight excluding hydrogens is 470 g/mol. The molecule has 1 aliphatic heterocycles. The number of H-pyrrole nitrogens is 1. The van der Waals surface area contributed by atoms with Gasteiger partial charge in [-0.3, -0.25) is 9.59 Å². The first-order valence-electron chi connectivity index (χ1n) is 12.0. The zero-order valence-electron chi connectivity index (χ0n) is 20.5. The number of rotatable bonds is 7. The van der Waals surface area contributed by atoms with Crippen molar-refractivity contribution in [1.82, 2.24) is 9.97 Å². The van der Waals surface area contributed by atoms with Gasteiger partial charge >= 0.3 is 0 Å². The summed E-state index contributed by atoms with van der Waals surface area (Å²) < 4.78 is 5.95. The van der Waals surface area contributed by atoms with E-state index in [1.165, 1.54) is 11.8 Å². The van der Waals surface area contributed by atoms with Crippen molar-refractivity contribution in [3.05, 3.63) is 106 Å². The predicted octanol–water partition coefficient (Wildman–Crippen LogP) is 5.83. The van der Waals surface area contributed by atoms with Gasteiger partial charge in [-0.25, -0.2) is 4.98 Å². The van der Waals surface area contributed by atoms with Gasteiger partial charge in [0, 0.05) is 29.4 Å². The SMILES string of the molecule is C=CCSc1nc2c(c(=O)[nH]1)[C@H](c1ccc(OCc3ccccc3)cc1)C1=C(CC(C)(C)CC1=O)N2. The molecule has 6 nitrogen and oxygen atoms in total. The number of fused-ring (bicyclic) bond motifs is 1. The number of carbonyl (C=O) groups excluding carboxylic acids is 1. The van der Waals surface area contributed by atoms with E-state index in [0.29, 0.717) is 47.3 Å². The summed E-state index contributed by atoms with van der Waals surface area (Å²) in [5, 5.41) is 3.88. The monoisotopic (exact) mass is 499 g/mol. The molecule has 36 heavy (non-hydrogen) atoms. The molecule has 2 N–H and O–H groups in total. The second-order valence-electron chi connectivity index (χ2n) is 9.97. The normalized spacial score (nSPS) is 18.2. The van der Waals surface area contributed by atoms with Crippen molar-refractivity contribution in [2.45, 2.75) is 44.4 Å². The molecule has 1 atom stereocenters. The molecule has 2 aromatic carbocycles. The Morgan fingerprint density at radius 3 is 2.58 bits per heavy atom. The number of Topliss-reactive ketones (excluding diaryl/α,β-unsaturated/α-hetero) is 1. The van der Waals surface area contributed by atoms with Crippen LogP contribution >= 0.6 is 11.8 Å². The average molecular weight is 500 g/mol. The van der Waals surface area contributed by atoms with E-state index in [1.54, 1.807) is 6.08 Å². The van der Waals surface area contributed by atoms with E-state index in [9.17, 15) is 9.59 Å². The van der Waals surface area contributed by atoms with Gasteiger partial charge < -0.3 is 15.0 Å². The number of benzene rings is 2. The number of nitrogens with one attached hydrogen (secondary N) is 2. The number of nitrogens with zero attached hydrogens (tertiary/aromatic N) is 1. The van der Waals surface area contributed by atoms with E-state index in [2.05, 4.69) is 30.7 Å². The van der Waals surface area contributed by atoms with Gasteiger partial charge in [-0.15, -0.1) is 6.58 Å². The van der Waals surface area contributed by atoms with E-state index in [0.717, 1.165) is 22.6 Å². The molecule has 7 heteroatoms. The van der Waals surface area contributed by atoms with Gasteiger partial charge in [-0.05, 0) is 35.1 Å². The van der Waals surface area contributed by atoms with Crippen LogP contribution in [0, 0.1) is 5.41 Å². The Morgan fingerprint density at radius 1 is 1.11 bits per heavy atom. The van der Waals surface area contributed by atoms with Crippen LogP contribution in [-0.4, -0.2) is 21.5 Å². The first-order valence-corrected chi connectivity index (χ1v) is 13.0. The third kappa shape index (κ3) is 4.88. The lowest BCUT2D eigenvalue weighted by Gasteiger charge is -2.38. The van der Waals surface area contributed by atoms with Crippen molar-refractivity contribution in [2.75, 3.05) is 11.1 Å². The fourth-order valence-electron chi connectivity index (χ4n) is 4.93. The molecule has 0 spiro atoms. The summed E-state index contributed by atoms with van der Waals surface area (Å²) in [6, 6.07) is 17.7. The van der Waals surface area contributed by atoms with E-state index >= 15 is 0 Å². The number of ketones is 1. The summed E-state index contributed by atoms with van der Waals surface area (Å²) >= 11 is 1.42. The highest BCUT2D eigenvalue weighted by molar-refractivity contribution is 7.99. The minimum absolute atomic E-state index is 0.0679. The van der Waals surface area contributed by atoms with Crippen LogP contribution in [0.15, 0.2) is 88.5 Å². The third-order valence-corrected chi connectivity index (χ3v) is 7.37. The molecule has 0 radical (unpaired) electrons. The van der Waals surface area contributed by atoms with Crippen molar-refractivity contribution < 1.29 is 9.53 Å². The van der Waals surface area contributed by atoms with Crippen LogP contribution < -0.4 is 15.6 Å². The molecule has 0 unspecified atom stereocenters. The number of allylic oxidation sites excluding steroid dienone is 2. The smallest absolute Gasteiger partial charge is 0.257 e. The number of ether oxygens (including phenoxy) is 1. The number of hydrogen-bond donors (Lipinski definition) is 2. The highest BCUT2D eigenvalue weighted by Crippen LogP contribution is 2.47. The average Bonchev–Trinajstić information content (AvgIpc) is 2.85. The lowest BCUT2D eigenvalue weighted by molar-refractivity contribution is -0.118. The lowest BCUT2D eigenvalue weighted by atomic mass is 9.69. The van der Waals surface area contributed by atoms with Gasteiger partial charge in [0.2, 0.25) is 0 Å². The van der Waals surface area contributed by atoms with Crippen molar-refractivity contribution in [2.24, 2.45) is 5.41 Å². The number of hydrogen-bond acceptors (Lipinski definition) is 6. The molecule has 0 bridgehead atoms. The molecule has 1 aromatic heterocycles. The minimum atomic E-state index is -0.488. The van der Waals surface area contributed by atoms with Gasteiger partial charge in [0.25, 0.3) is 5.56 Å². The van der Waals surface area contributed by atoms with Crippen LogP contribution in [0.25, 0.3) is 0 Å². The van der Waals surface area contributed by atoms with Crippen molar-refractivity contribution in [3.8, 4) is 5.75 Å². The van der Waals surface area contributed by atoms with Gasteiger partial charge in [0.1, 0.15) is 18.2 Å². The number of carbonyl (C=O) groups is 1. The standard InChI is InChI=1S/C29H29N3O3S/c1-4-14-36-28-31-26-25(27(34)32-28)23(24-21(30-26)15-29(2,3)16-22(24)33)19-10-12-20(13-11-19)35-17-18-8-6-5-7-9-18/h4-13,23H,1,14-17H2,2-3H3,(H2,30,31,32,34)/t23-/m1/s1. The molecule has 184 valence electrons. The van der Waals surface area contributed by atoms with Gasteiger partial charge in [0.15, 0.2) is 10.9 Å². The highest BCUT2D eigenvalue weighted by atomic mass is 32.2. The molecule has 2 heterocycles. The zero-order valence-corrected chi connectivity index (χ0v) is 21.3. The van der Waals surface area contributed by atoms with Crippen molar-refractivity contribution in [1.29, 1.82) is 0 Å². The number of thioether (sulfide) groups is 1. The third-order valence-electron chi connectivity index (χ3n) is 6.50. The molecule has 1 aliphatic carbocycles. The summed E-state index contributed by atoms with van der Waals surface area (Å²) in [7, 11) is 0. The van der Waals surface area contributed by atoms with Gasteiger partial charge in [-0.1, -0.05) is 74.1 Å². The molecule has 0 saturated carbocycles. The van der Waals surface area contributed by atoms with Crippen molar-refractivity contribution in [3.63, 3.8) is 0 Å². The maximum Gasteiger partial charge on any atom is 0.257 e. The topological polar surface area (TPSA) is 84.1 Å². The van der Waals surface area contributed by atoms with E-state index in [4.69, 9.17) is 9.72 Å². The van der Waals surface area contributed by atoms with E-state index in [-0.39, 0.29) is 16.8 Å². The summed E-state index contributed by atoms with van der Waals surface area (Å²) in [6.45, 7) is 8.40. The predicted molar refractivity (Wildman–Crippen MR) is 144 cm³/mol. The molecule has 0 saturated heterocycles. The van der Waals surface area contributed by atoms with Crippen LogP contribution in [0.4, 0.5) is 5.82 Å². The number of anilines is 1. The Labute approximate surface area is 214 Å². The summed E-state index contributed by atoms with van der Waals surface area (Å²) in [4.78, 5) is 34.4. The summed E-state index contributed by atoms with van der Waals surface area (Å²) in [5.74, 6) is 1.46. The van der Waals surface area contributed by atoms with Crippen molar-refractivity contribution >= 4 is 23.4 Å². The Bertz CT molecular complexity index is 1390. The first kappa shape index (κ1) is 24.1. The molecule has 0 fully saturated rings. The van der Waals surface area contributed by atoms with E-state index < -0.39 is 5.92 Å². The van der Waals surface area contributed by atoms with Crippen LogP contribution in [0.3, 0.4) is 0 Å². The van der Waals surface area contributed by atoms with E-state index in [1.807, 2.05) is 54.6 Å². The zero-order chi connectivity index (χ0) is 25.3. The second-order valence-corrected chi connectivity index (χ2v) is 11.0. The lowest BCUT2D eigenvalue weighted by Crippen LogP contribution is -2.37. The summed E-state index contributed by atoms with van der Waals surface area (Å²) in [5.41, 5.74) is 3.54. The summed E-state index contributed by atoms with van der Waals surface area (Å²) in [6.07, 6.45) is 2.92. The number of aromatic nitrogens is 2. The van der Waals surface area contributed by atoms with Gasteiger partial charge in [0.05, 0.1) is 5.56 Å². The maximum absolute atomic E-state index is 13.4. The highest BCUT2D eigenvalue weighted by Gasteiger charge is 2.42. The minimum Gasteiger partial charge on any atom is -0.489 e. The second kappa shape index (κ2) is 9.82. The molecule has 5 rings (SSSR count).